The first-order chi connectivity index (χ1) is 10.1. The van der Waals surface area contributed by atoms with E-state index in [4.69, 9.17) is 27.5 Å². The predicted molar refractivity (Wildman–Crippen MR) is 76.9 cm³/mol. The van der Waals surface area contributed by atoms with Gasteiger partial charge in [0.05, 0.1) is 6.61 Å². The highest BCUT2D eigenvalue weighted by Crippen LogP contribution is 2.21. The molecule has 0 aromatic rings. The number of cyclic esters (lactones) is 2. The molecule has 7 nitrogen and oxygen atoms in total. The molecule has 1 heterocycles. The van der Waals surface area contributed by atoms with E-state index < -0.39 is 15.0 Å². The van der Waals surface area contributed by atoms with Gasteiger partial charge in [-0.05, 0) is 27.2 Å². The fourth-order valence-corrected chi connectivity index (χ4v) is 4.96. The SMILES string of the molecule is CCO[Si](OCC)(OCC)C(CC)OCC1COC(=O)O1. The summed E-state index contributed by atoms with van der Waals surface area (Å²) < 4.78 is 33.1. The normalized spacial score (nSPS) is 20.2. The van der Waals surface area contributed by atoms with E-state index in [1.165, 1.54) is 0 Å². The molecule has 8 heteroatoms. The highest BCUT2D eigenvalue weighted by Gasteiger charge is 2.50. The van der Waals surface area contributed by atoms with Crippen LogP contribution in [0, 0.1) is 0 Å². The maximum Gasteiger partial charge on any atom is 0.531 e. The summed E-state index contributed by atoms with van der Waals surface area (Å²) in [5.74, 6) is 0. The van der Waals surface area contributed by atoms with Crippen LogP contribution in [0.25, 0.3) is 0 Å². The Morgan fingerprint density at radius 2 is 1.71 bits per heavy atom. The zero-order valence-electron chi connectivity index (χ0n) is 13.3. The van der Waals surface area contributed by atoms with Crippen molar-refractivity contribution in [3.05, 3.63) is 0 Å². The summed E-state index contributed by atoms with van der Waals surface area (Å²) in [4.78, 5) is 10.9. The van der Waals surface area contributed by atoms with Crippen molar-refractivity contribution in [2.24, 2.45) is 0 Å². The average Bonchev–Trinajstić information content (AvgIpc) is 2.86. The highest BCUT2D eigenvalue weighted by atomic mass is 28.4. The molecular weight excluding hydrogens is 296 g/mol. The predicted octanol–water partition coefficient (Wildman–Crippen LogP) is 1.90. The molecule has 1 rings (SSSR count). The molecule has 21 heavy (non-hydrogen) atoms. The first-order valence-corrected chi connectivity index (χ1v) is 9.28. The molecule has 2 unspecified atom stereocenters. The third-order valence-corrected chi connectivity index (χ3v) is 6.37. The Morgan fingerprint density at radius 1 is 1.14 bits per heavy atom. The van der Waals surface area contributed by atoms with Gasteiger partial charge in [-0.1, -0.05) is 6.92 Å². The van der Waals surface area contributed by atoms with Gasteiger partial charge in [-0.3, -0.25) is 0 Å². The second kappa shape index (κ2) is 9.37. The van der Waals surface area contributed by atoms with Gasteiger partial charge in [0.1, 0.15) is 12.3 Å². The van der Waals surface area contributed by atoms with Crippen LogP contribution in [0.3, 0.4) is 0 Å². The van der Waals surface area contributed by atoms with Crippen molar-refractivity contribution in [3.8, 4) is 0 Å². The van der Waals surface area contributed by atoms with Gasteiger partial charge in [0.15, 0.2) is 6.10 Å². The van der Waals surface area contributed by atoms with Crippen molar-refractivity contribution in [1.82, 2.24) is 0 Å². The zero-order chi connectivity index (χ0) is 15.7. The van der Waals surface area contributed by atoms with Crippen LogP contribution in [-0.2, 0) is 27.5 Å². The van der Waals surface area contributed by atoms with Crippen molar-refractivity contribution in [3.63, 3.8) is 0 Å². The minimum absolute atomic E-state index is 0.210. The van der Waals surface area contributed by atoms with Crippen molar-refractivity contribution in [2.75, 3.05) is 33.0 Å². The van der Waals surface area contributed by atoms with Crippen LogP contribution in [0.15, 0.2) is 0 Å². The van der Waals surface area contributed by atoms with Gasteiger partial charge in [0.2, 0.25) is 0 Å². The molecule has 1 aliphatic heterocycles. The molecule has 1 fully saturated rings. The molecule has 0 bridgehead atoms. The molecule has 124 valence electrons. The van der Waals surface area contributed by atoms with Crippen LogP contribution in [0.5, 0.6) is 0 Å². The molecule has 2 atom stereocenters. The maximum atomic E-state index is 10.9. The summed E-state index contributed by atoms with van der Waals surface area (Å²) in [6, 6.07) is 0. The van der Waals surface area contributed by atoms with E-state index in [2.05, 4.69) is 0 Å². The summed E-state index contributed by atoms with van der Waals surface area (Å²) in [5.41, 5.74) is -0.295. The third-order valence-electron chi connectivity index (χ3n) is 2.93. The topological polar surface area (TPSA) is 72.5 Å². The van der Waals surface area contributed by atoms with E-state index in [-0.39, 0.29) is 25.0 Å². The van der Waals surface area contributed by atoms with Gasteiger partial charge in [-0.25, -0.2) is 4.79 Å². The Balaban J connectivity index is 2.67. The van der Waals surface area contributed by atoms with Crippen molar-refractivity contribution in [1.29, 1.82) is 0 Å². The molecule has 0 aromatic heterocycles. The van der Waals surface area contributed by atoms with E-state index in [0.29, 0.717) is 26.2 Å². The van der Waals surface area contributed by atoms with Gasteiger partial charge in [0, 0.05) is 19.8 Å². The summed E-state index contributed by atoms with van der Waals surface area (Å²) in [6.45, 7) is 9.63. The minimum atomic E-state index is -2.92. The molecule has 0 saturated carbocycles. The minimum Gasteiger partial charge on any atom is -0.430 e. The largest absolute Gasteiger partial charge is 0.531 e. The number of rotatable bonds is 11. The Bertz CT molecular complexity index is 296. The molecule has 0 spiro atoms. The molecule has 1 saturated heterocycles. The Hall–Kier alpha value is -0.673. The first kappa shape index (κ1) is 18.4. The van der Waals surface area contributed by atoms with E-state index >= 15 is 0 Å². The monoisotopic (exact) mass is 322 g/mol. The number of ether oxygens (including phenoxy) is 3. The van der Waals surface area contributed by atoms with Crippen LogP contribution < -0.4 is 0 Å². The summed E-state index contributed by atoms with van der Waals surface area (Å²) in [6.07, 6.45) is -0.351. The smallest absolute Gasteiger partial charge is 0.430 e. The van der Waals surface area contributed by atoms with Gasteiger partial charge >= 0.3 is 15.0 Å². The molecule has 0 N–H and O–H groups in total. The molecule has 0 aliphatic carbocycles. The first-order valence-electron chi connectivity index (χ1n) is 7.48. The third kappa shape index (κ3) is 5.22. The van der Waals surface area contributed by atoms with E-state index in [1.54, 1.807) is 0 Å². The van der Waals surface area contributed by atoms with Crippen LogP contribution in [0.4, 0.5) is 4.79 Å². The standard InChI is InChI=1S/C13H26O7Si/c1-5-12(15-9-11-10-16-13(14)20-11)21(17-6-2,18-7-3)19-8-4/h11-12H,5-10H2,1-4H3. The number of hydrogen-bond acceptors (Lipinski definition) is 7. The zero-order valence-corrected chi connectivity index (χ0v) is 14.3. The highest BCUT2D eigenvalue weighted by molar-refractivity contribution is 6.62. The van der Waals surface area contributed by atoms with Crippen molar-refractivity contribution < 1.29 is 32.3 Å². The lowest BCUT2D eigenvalue weighted by Crippen LogP contribution is -2.58. The summed E-state index contributed by atoms with van der Waals surface area (Å²) >= 11 is 0. The lowest BCUT2D eigenvalue weighted by Gasteiger charge is -2.34. The van der Waals surface area contributed by atoms with E-state index in [0.717, 1.165) is 0 Å². The maximum absolute atomic E-state index is 10.9. The number of carbonyl (C=O) groups is 1. The molecule has 1 aliphatic rings. The fraction of sp³-hybridized carbons (Fsp3) is 0.923. The van der Waals surface area contributed by atoms with Crippen LogP contribution in [0.2, 0.25) is 0 Å². The average molecular weight is 322 g/mol. The Labute approximate surface area is 127 Å². The second-order valence-corrected chi connectivity index (χ2v) is 7.15. The van der Waals surface area contributed by atoms with E-state index in [1.807, 2.05) is 27.7 Å². The van der Waals surface area contributed by atoms with Crippen LogP contribution >= 0.6 is 0 Å². The Kier molecular flexibility index (Phi) is 8.20. The fourth-order valence-electron chi connectivity index (χ4n) is 2.15. The lowest BCUT2D eigenvalue weighted by atomic mass is 10.4. The lowest BCUT2D eigenvalue weighted by molar-refractivity contribution is -0.0323. The Morgan fingerprint density at radius 3 is 2.10 bits per heavy atom. The quantitative estimate of drug-likeness (QED) is 0.425. The summed E-state index contributed by atoms with van der Waals surface area (Å²) in [5, 5.41) is 0. The summed E-state index contributed by atoms with van der Waals surface area (Å²) in [7, 11) is -2.92. The number of hydrogen-bond donors (Lipinski definition) is 0. The van der Waals surface area contributed by atoms with Gasteiger partial charge in [0.25, 0.3) is 0 Å². The number of carbonyl (C=O) groups excluding carboxylic acids is 1. The molecular formula is C13H26O7Si. The van der Waals surface area contributed by atoms with Crippen molar-refractivity contribution in [2.45, 2.75) is 45.9 Å². The second-order valence-electron chi connectivity index (χ2n) is 4.43. The van der Waals surface area contributed by atoms with Gasteiger partial charge < -0.3 is 27.5 Å². The van der Waals surface area contributed by atoms with Gasteiger partial charge in [-0.15, -0.1) is 0 Å². The van der Waals surface area contributed by atoms with Crippen molar-refractivity contribution >= 4 is 15.0 Å². The molecule has 0 aromatic carbocycles. The van der Waals surface area contributed by atoms with Crippen LogP contribution in [0.1, 0.15) is 34.1 Å². The van der Waals surface area contributed by atoms with Crippen LogP contribution in [-0.4, -0.2) is 59.8 Å². The molecule has 0 radical (unpaired) electrons. The molecule has 0 amide bonds. The van der Waals surface area contributed by atoms with E-state index in [9.17, 15) is 4.79 Å². The van der Waals surface area contributed by atoms with Gasteiger partial charge in [-0.2, -0.15) is 0 Å².